The molecule has 0 radical (unpaired) electrons. The molecule has 4 nitrogen and oxygen atoms in total. The van der Waals surface area contributed by atoms with Crippen molar-refractivity contribution in [2.24, 2.45) is 5.92 Å². The second-order valence-corrected chi connectivity index (χ2v) is 3.70. The van der Waals surface area contributed by atoms with E-state index in [4.69, 9.17) is 5.11 Å². The molecule has 1 aliphatic rings. The van der Waals surface area contributed by atoms with Crippen LogP contribution in [0.5, 0.6) is 0 Å². The molecule has 0 bridgehead atoms. The van der Waals surface area contributed by atoms with Crippen molar-refractivity contribution in [3.05, 3.63) is 18.5 Å². The Labute approximate surface area is 83.4 Å². The Hall–Kier alpha value is -1.16. The van der Waals surface area contributed by atoms with E-state index in [9.17, 15) is 0 Å². The number of rotatable bonds is 3. The molecule has 76 valence electrons. The molecule has 1 aliphatic carbocycles. The molecule has 4 heteroatoms. The van der Waals surface area contributed by atoms with Gasteiger partial charge < -0.3 is 10.4 Å². The van der Waals surface area contributed by atoms with E-state index in [-0.39, 0.29) is 6.61 Å². The monoisotopic (exact) mass is 193 g/mol. The first-order chi connectivity index (χ1) is 6.90. The average molecular weight is 193 g/mol. The van der Waals surface area contributed by atoms with Gasteiger partial charge in [-0.15, -0.1) is 0 Å². The number of nitrogens with zero attached hydrogens (tertiary/aromatic N) is 2. The van der Waals surface area contributed by atoms with E-state index in [2.05, 4.69) is 15.3 Å². The lowest BCUT2D eigenvalue weighted by atomic mass is 10.1. The van der Waals surface area contributed by atoms with Crippen molar-refractivity contribution in [1.29, 1.82) is 0 Å². The largest absolute Gasteiger partial charge is 0.396 e. The summed E-state index contributed by atoms with van der Waals surface area (Å²) in [4.78, 5) is 8.21. The van der Waals surface area contributed by atoms with Crippen LogP contribution in [-0.2, 0) is 0 Å². The van der Waals surface area contributed by atoms with E-state index in [1.807, 2.05) is 0 Å². The topological polar surface area (TPSA) is 58.0 Å². The molecule has 0 amide bonds. The van der Waals surface area contributed by atoms with Crippen molar-refractivity contribution in [2.45, 2.75) is 25.3 Å². The molecule has 0 spiro atoms. The van der Waals surface area contributed by atoms with Crippen LogP contribution < -0.4 is 5.32 Å². The summed E-state index contributed by atoms with van der Waals surface area (Å²) in [5.74, 6) is 1.02. The van der Waals surface area contributed by atoms with Crippen LogP contribution in [0.25, 0.3) is 0 Å². The zero-order chi connectivity index (χ0) is 9.80. The first-order valence-corrected chi connectivity index (χ1v) is 5.04. The number of nitrogens with one attached hydrogen (secondary N) is 1. The maximum Gasteiger partial charge on any atom is 0.222 e. The van der Waals surface area contributed by atoms with Crippen molar-refractivity contribution >= 4 is 5.95 Å². The van der Waals surface area contributed by atoms with Crippen LogP contribution >= 0.6 is 0 Å². The molecule has 0 aromatic carbocycles. The molecule has 2 unspecified atom stereocenters. The van der Waals surface area contributed by atoms with Gasteiger partial charge in [0.1, 0.15) is 0 Å². The Morgan fingerprint density at radius 1 is 1.36 bits per heavy atom. The molecule has 1 heterocycles. The third kappa shape index (κ3) is 2.01. The minimum atomic E-state index is 0.254. The summed E-state index contributed by atoms with van der Waals surface area (Å²) >= 11 is 0. The number of hydrogen-bond donors (Lipinski definition) is 2. The van der Waals surface area contributed by atoms with E-state index in [0.29, 0.717) is 17.9 Å². The van der Waals surface area contributed by atoms with Crippen molar-refractivity contribution in [3.8, 4) is 0 Å². The maximum absolute atomic E-state index is 9.13. The van der Waals surface area contributed by atoms with Crippen molar-refractivity contribution in [2.75, 3.05) is 11.9 Å². The molecule has 14 heavy (non-hydrogen) atoms. The molecule has 2 atom stereocenters. The van der Waals surface area contributed by atoms with E-state index in [1.165, 1.54) is 6.42 Å². The number of aliphatic hydroxyl groups is 1. The standard InChI is InChI=1S/C10H15N3O/c14-7-8-3-1-4-9(8)13-10-11-5-2-6-12-10/h2,5-6,8-9,14H,1,3-4,7H2,(H,11,12,13). The van der Waals surface area contributed by atoms with Gasteiger partial charge >= 0.3 is 0 Å². The van der Waals surface area contributed by atoms with Crippen LogP contribution in [0.15, 0.2) is 18.5 Å². The summed E-state index contributed by atoms with van der Waals surface area (Å²) in [6.07, 6.45) is 6.82. The van der Waals surface area contributed by atoms with Gasteiger partial charge in [0.2, 0.25) is 5.95 Å². The van der Waals surface area contributed by atoms with Gasteiger partial charge in [-0.1, -0.05) is 6.42 Å². The Bertz CT molecular complexity index is 278. The van der Waals surface area contributed by atoms with Crippen LogP contribution in [0.2, 0.25) is 0 Å². The van der Waals surface area contributed by atoms with Gasteiger partial charge in [0.25, 0.3) is 0 Å². The lowest BCUT2D eigenvalue weighted by Crippen LogP contribution is -2.27. The molecule has 1 saturated carbocycles. The molecule has 2 rings (SSSR count). The van der Waals surface area contributed by atoms with Gasteiger partial charge in [-0.05, 0) is 18.9 Å². The lowest BCUT2D eigenvalue weighted by molar-refractivity contribution is 0.222. The molecule has 0 saturated heterocycles. The van der Waals surface area contributed by atoms with Crippen LogP contribution in [0, 0.1) is 5.92 Å². The Balaban J connectivity index is 1.97. The number of aliphatic hydroxyl groups excluding tert-OH is 1. The van der Waals surface area contributed by atoms with Crippen LogP contribution in [0.4, 0.5) is 5.95 Å². The smallest absolute Gasteiger partial charge is 0.222 e. The summed E-state index contributed by atoms with van der Waals surface area (Å²) in [5.41, 5.74) is 0. The highest BCUT2D eigenvalue weighted by atomic mass is 16.3. The first kappa shape index (κ1) is 9.40. The van der Waals surface area contributed by atoms with Crippen LogP contribution in [0.3, 0.4) is 0 Å². The zero-order valence-corrected chi connectivity index (χ0v) is 8.06. The van der Waals surface area contributed by atoms with Gasteiger partial charge in [0, 0.05) is 31.0 Å². The third-order valence-electron chi connectivity index (χ3n) is 2.77. The number of hydrogen-bond acceptors (Lipinski definition) is 4. The third-order valence-corrected chi connectivity index (χ3v) is 2.77. The summed E-state index contributed by atoms with van der Waals surface area (Å²) in [5, 5.41) is 12.4. The molecular formula is C10H15N3O. The molecular weight excluding hydrogens is 178 g/mol. The van der Waals surface area contributed by atoms with E-state index in [0.717, 1.165) is 12.8 Å². The number of anilines is 1. The highest BCUT2D eigenvalue weighted by Gasteiger charge is 2.26. The molecule has 1 aromatic heterocycles. The summed E-state index contributed by atoms with van der Waals surface area (Å²) in [6.45, 7) is 0.254. The van der Waals surface area contributed by atoms with E-state index in [1.54, 1.807) is 18.5 Å². The van der Waals surface area contributed by atoms with Gasteiger partial charge in [-0.25, -0.2) is 9.97 Å². The molecule has 2 N–H and O–H groups in total. The SMILES string of the molecule is OCC1CCCC1Nc1ncccn1. The lowest BCUT2D eigenvalue weighted by Gasteiger charge is -2.18. The minimum absolute atomic E-state index is 0.254. The molecule has 1 fully saturated rings. The fraction of sp³-hybridized carbons (Fsp3) is 0.600. The van der Waals surface area contributed by atoms with Gasteiger partial charge in [0.15, 0.2) is 0 Å². The maximum atomic E-state index is 9.13. The highest BCUT2D eigenvalue weighted by Crippen LogP contribution is 2.26. The second kappa shape index (κ2) is 4.37. The fourth-order valence-electron chi connectivity index (χ4n) is 1.98. The summed E-state index contributed by atoms with van der Waals surface area (Å²) in [7, 11) is 0. The Kier molecular flexibility index (Phi) is 2.93. The quantitative estimate of drug-likeness (QED) is 0.753. The summed E-state index contributed by atoms with van der Waals surface area (Å²) in [6, 6.07) is 2.13. The van der Waals surface area contributed by atoms with Gasteiger partial charge in [-0.2, -0.15) is 0 Å². The van der Waals surface area contributed by atoms with Crippen molar-refractivity contribution in [1.82, 2.24) is 9.97 Å². The second-order valence-electron chi connectivity index (χ2n) is 3.70. The van der Waals surface area contributed by atoms with Crippen molar-refractivity contribution < 1.29 is 5.11 Å². The fourth-order valence-corrected chi connectivity index (χ4v) is 1.98. The van der Waals surface area contributed by atoms with Crippen molar-refractivity contribution in [3.63, 3.8) is 0 Å². The van der Waals surface area contributed by atoms with Crippen LogP contribution in [0.1, 0.15) is 19.3 Å². The van der Waals surface area contributed by atoms with E-state index < -0.39 is 0 Å². The predicted octanol–water partition coefficient (Wildman–Crippen LogP) is 1.05. The first-order valence-electron chi connectivity index (χ1n) is 5.04. The van der Waals surface area contributed by atoms with Gasteiger partial charge in [-0.3, -0.25) is 0 Å². The highest BCUT2D eigenvalue weighted by molar-refractivity contribution is 5.25. The minimum Gasteiger partial charge on any atom is -0.396 e. The number of aromatic nitrogens is 2. The summed E-state index contributed by atoms with van der Waals surface area (Å²) < 4.78 is 0. The van der Waals surface area contributed by atoms with Gasteiger partial charge in [0.05, 0.1) is 0 Å². The zero-order valence-electron chi connectivity index (χ0n) is 8.06. The average Bonchev–Trinajstić information content (AvgIpc) is 2.67. The van der Waals surface area contributed by atoms with E-state index >= 15 is 0 Å². The normalized spacial score (nSPS) is 26.4. The Morgan fingerprint density at radius 2 is 2.14 bits per heavy atom. The van der Waals surface area contributed by atoms with Crippen LogP contribution in [-0.4, -0.2) is 27.7 Å². The molecule has 0 aliphatic heterocycles. The molecule has 1 aromatic rings. The predicted molar refractivity (Wildman–Crippen MR) is 53.9 cm³/mol. The Morgan fingerprint density at radius 3 is 2.86 bits per heavy atom.